The Morgan fingerprint density at radius 3 is 2.53 bits per heavy atom. The highest BCUT2D eigenvalue weighted by molar-refractivity contribution is 6.35. The number of piperidine rings is 1. The van der Waals surface area contributed by atoms with Crippen LogP contribution >= 0.6 is 23.2 Å². The standard InChI is InChI=1S/C27H29Cl2N7O2/c1-35-11-8-33-26(37)27(35)6-9-36(10-7-27)24-5-2-17(13-34-24)25(31)19-12-18(3-4-23(19)30)38-16-20-21(28)14-32-15-22(20)29/h2-5,12-15,31H,6-11,16,30H2,1H3,(H,33,37). The summed E-state index contributed by atoms with van der Waals surface area (Å²) in [5.41, 5.74) is 8.28. The summed E-state index contributed by atoms with van der Waals surface area (Å²) in [4.78, 5) is 25.6. The van der Waals surface area contributed by atoms with E-state index >= 15 is 0 Å². The first kappa shape index (κ1) is 26.2. The van der Waals surface area contributed by atoms with Gasteiger partial charge in [-0.1, -0.05) is 23.2 Å². The Morgan fingerprint density at radius 2 is 1.87 bits per heavy atom. The predicted octanol–water partition coefficient (Wildman–Crippen LogP) is 3.76. The van der Waals surface area contributed by atoms with Crippen molar-refractivity contribution in [2.75, 3.05) is 43.9 Å². The second-order valence-corrected chi connectivity index (χ2v) is 10.4. The van der Waals surface area contributed by atoms with E-state index in [0.717, 1.165) is 38.3 Å². The van der Waals surface area contributed by atoms with E-state index in [2.05, 4.69) is 25.1 Å². The summed E-state index contributed by atoms with van der Waals surface area (Å²) in [6.07, 6.45) is 6.20. The molecule has 0 radical (unpaired) electrons. The lowest BCUT2D eigenvalue weighted by molar-refractivity contribution is -0.137. The molecule has 2 aliphatic rings. The van der Waals surface area contributed by atoms with Crippen molar-refractivity contribution in [2.24, 2.45) is 0 Å². The van der Waals surface area contributed by atoms with Gasteiger partial charge in [0.15, 0.2) is 0 Å². The van der Waals surface area contributed by atoms with Gasteiger partial charge in [-0.2, -0.15) is 0 Å². The Bertz CT molecular complexity index is 1340. The maximum atomic E-state index is 12.6. The third-order valence-corrected chi connectivity index (χ3v) is 8.12. The lowest BCUT2D eigenvalue weighted by Crippen LogP contribution is -2.66. The van der Waals surface area contributed by atoms with Gasteiger partial charge in [0.25, 0.3) is 0 Å². The molecule has 198 valence electrons. The van der Waals surface area contributed by atoms with E-state index < -0.39 is 5.54 Å². The maximum absolute atomic E-state index is 12.6. The van der Waals surface area contributed by atoms with Gasteiger partial charge in [-0.05, 0) is 50.2 Å². The number of nitrogens with two attached hydrogens (primary N) is 1. The van der Waals surface area contributed by atoms with Crippen LogP contribution in [0.25, 0.3) is 0 Å². The van der Waals surface area contributed by atoms with Crippen LogP contribution in [0.15, 0.2) is 48.9 Å². The molecular weight excluding hydrogens is 525 g/mol. The predicted molar refractivity (Wildman–Crippen MR) is 149 cm³/mol. The van der Waals surface area contributed by atoms with Gasteiger partial charge in [0.1, 0.15) is 23.7 Å². The SMILES string of the molecule is CN1CCNC(=O)C12CCN(c1ccc(C(=N)c3cc(OCc4c(Cl)cncc4Cl)ccc3N)cn1)CC2. The van der Waals surface area contributed by atoms with Crippen molar-refractivity contribution in [1.82, 2.24) is 20.2 Å². The average Bonchev–Trinajstić information content (AvgIpc) is 2.92. The Hall–Kier alpha value is -3.40. The maximum Gasteiger partial charge on any atom is 0.240 e. The Kier molecular flexibility index (Phi) is 7.43. The second-order valence-electron chi connectivity index (χ2n) is 9.60. The highest BCUT2D eigenvalue weighted by Gasteiger charge is 2.46. The summed E-state index contributed by atoms with van der Waals surface area (Å²) in [7, 11) is 2.03. The molecule has 1 spiro atoms. The lowest BCUT2D eigenvalue weighted by atomic mass is 9.83. The Morgan fingerprint density at radius 1 is 1.13 bits per heavy atom. The minimum absolute atomic E-state index is 0.124. The molecule has 2 aromatic heterocycles. The fourth-order valence-corrected chi connectivity index (χ4v) is 5.53. The van der Waals surface area contributed by atoms with Crippen molar-refractivity contribution in [3.63, 3.8) is 0 Å². The number of nitrogens with one attached hydrogen (secondary N) is 2. The van der Waals surface area contributed by atoms with Gasteiger partial charge in [0.2, 0.25) is 5.91 Å². The van der Waals surface area contributed by atoms with Crippen LogP contribution in [0.3, 0.4) is 0 Å². The summed E-state index contributed by atoms with van der Waals surface area (Å²) in [6, 6.07) is 8.96. The Balaban J connectivity index is 1.26. The monoisotopic (exact) mass is 553 g/mol. The van der Waals surface area contributed by atoms with Crippen molar-refractivity contribution >= 4 is 46.3 Å². The number of aromatic nitrogens is 2. The first-order valence-electron chi connectivity index (χ1n) is 12.4. The van der Waals surface area contributed by atoms with Gasteiger partial charge in [-0.25, -0.2) is 4.98 Å². The zero-order chi connectivity index (χ0) is 26.9. The van der Waals surface area contributed by atoms with Crippen LogP contribution < -0.4 is 20.7 Å². The zero-order valence-electron chi connectivity index (χ0n) is 21.0. The summed E-state index contributed by atoms with van der Waals surface area (Å²) >= 11 is 12.4. The molecule has 2 fully saturated rings. The molecule has 11 heteroatoms. The summed E-state index contributed by atoms with van der Waals surface area (Å²) in [5, 5.41) is 12.6. The fraction of sp³-hybridized carbons (Fsp3) is 0.333. The van der Waals surface area contributed by atoms with Crippen LogP contribution in [0.4, 0.5) is 11.5 Å². The number of anilines is 2. The van der Waals surface area contributed by atoms with Gasteiger partial charge in [0, 0.05) is 67.1 Å². The number of pyridine rings is 2. The smallest absolute Gasteiger partial charge is 0.240 e. The van der Waals surface area contributed by atoms with Crippen LogP contribution in [-0.2, 0) is 11.4 Å². The van der Waals surface area contributed by atoms with E-state index in [9.17, 15) is 4.79 Å². The van der Waals surface area contributed by atoms with Crippen molar-refractivity contribution in [2.45, 2.75) is 25.0 Å². The van der Waals surface area contributed by atoms with E-state index in [-0.39, 0.29) is 18.2 Å². The number of nitrogen functional groups attached to an aromatic ring is 1. The molecule has 0 saturated carbocycles. The van der Waals surface area contributed by atoms with Gasteiger partial charge in [0.05, 0.1) is 15.8 Å². The topological polar surface area (TPSA) is 120 Å². The van der Waals surface area contributed by atoms with Gasteiger partial charge < -0.3 is 20.7 Å². The molecule has 2 aliphatic heterocycles. The first-order chi connectivity index (χ1) is 18.3. The van der Waals surface area contributed by atoms with Crippen LogP contribution in [0.5, 0.6) is 5.75 Å². The van der Waals surface area contributed by atoms with Crippen molar-refractivity contribution in [1.29, 1.82) is 5.41 Å². The normalized spacial score (nSPS) is 17.3. The number of likely N-dealkylation sites (N-methyl/N-ethyl adjacent to an activating group) is 1. The third kappa shape index (κ3) is 5.01. The number of halogens is 2. The number of rotatable bonds is 6. The second kappa shape index (κ2) is 10.8. The highest BCUT2D eigenvalue weighted by atomic mass is 35.5. The largest absolute Gasteiger partial charge is 0.489 e. The number of nitrogens with zero attached hydrogens (tertiary/aromatic N) is 4. The zero-order valence-corrected chi connectivity index (χ0v) is 22.5. The number of amides is 1. The van der Waals surface area contributed by atoms with Crippen LogP contribution in [0.2, 0.25) is 10.0 Å². The molecule has 5 rings (SSSR count). The molecule has 0 atom stereocenters. The molecule has 1 amide bonds. The van der Waals surface area contributed by atoms with Gasteiger partial charge >= 0.3 is 0 Å². The number of carbonyl (C=O) groups excluding carboxylic acids is 1. The van der Waals surface area contributed by atoms with Crippen LogP contribution in [0, 0.1) is 5.41 Å². The molecule has 1 aromatic carbocycles. The number of piperazine rings is 1. The van der Waals surface area contributed by atoms with Crippen LogP contribution in [0.1, 0.15) is 29.5 Å². The lowest BCUT2D eigenvalue weighted by Gasteiger charge is -2.48. The van der Waals surface area contributed by atoms with Crippen LogP contribution in [-0.4, -0.2) is 65.3 Å². The highest BCUT2D eigenvalue weighted by Crippen LogP contribution is 2.32. The molecule has 0 bridgehead atoms. The molecule has 38 heavy (non-hydrogen) atoms. The van der Waals surface area contributed by atoms with E-state index in [0.29, 0.717) is 44.7 Å². The fourth-order valence-electron chi connectivity index (χ4n) is 5.05. The molecule has 3 aromatic rings. The molecular formula is C27H29Cl2N7O2. The molecule has 4 N–H and O–H groups in total. The number of hydrogen-bond donors (Lipinski definition) is 3. The third-order valence-electron chi connectivity index (χ3n) is 7.47. The number of hydrogen-bond acceptors (Lipinski definition) is 8. The Labute approximate surface area is 231 Å². The van der Waals surface area contributed by atoms with E-state index in [1.54, 1.807) is 24.4 Å². The van der Waals surface area contributed by atoms with Gasteiger partial charge in [-0.3, -0.25) is 20.1 Å². The quantitative estimate of drug-likeness (QED) is 0.314. The minimum atomic E-state index is -0.435. The van der Waals surface area contributed by atoms with Gasteiger partial charge in [-0.15, -0.1) is 0 Å². The number of carbonyl (C=O) groups is 1. The minimum Gasteiger partial charge on any atom is -0.489 e. The molecule has 9 nitrogen and oxygen atoms in total. The summed E-state index contributed by atoms with van der Waals surface area (Å²) in [5.74, 6) is 1.48. The molecule has 2 saturated heterocycles. The van der Waals surface area contributed by atoms with Crippen molar-refractivity contribution < 1.29 is 9.53 Å². The molecule has 0 unspecified atom stereocenters. The van der Waals surface area contributed by atoms with Crippen molar-refractivity contribution in [3.8, 4) is 5.75 Å². The van der Waals surface area contributed by atoms with E-state index in [4.69, 9.17) is 39.1 Å². The molecule has 4 heterocycles. The van der Waals surface area contributed by atoms with E-state index in [1.165, 1.54) is 12.4 Å². The van der Waals surface area contributed by atoms with E-state index in [1.807, 2.05) is 19.2 Å². The van der Waals surface area contributed by atoms with Crippen molar-refractivity contribution in [3.05, 3.63) is 75.7 Å². The first-order valence-corrected chi connectivity index (χ1v) is 13.1. The summed E-state index contributed by atoms with van der Waals surface area (Å²) in [6.45, 7) is 3.19. The number of benzene rings is 1. The summed E-state index contributed by atoms with van der Waals surface area (Å²) < 4.78 is 5.89. The number of ether oxygens (including phenoxy) is 1. The molecule has 0 aliphatic carbocycles. The average molecular weight is 554 g/mol.